The number of amides is 1. The first-order chi connectivity index (χ1) is 12.1. The summed E-state index contributed by atoms with van der Waals surface area (Å²) in [7, 11) is 1.69. The fraction of sp³-hybridized carbons (Fsp3) is 0.667. The highest BCUT2D eigenvalue weighted by atomic mass is 16.5. The number of methoxy groups -OCH3 is 1. The van der Waals surface area contributed by atoms with Crippen LogP contribution in [0.5, 0.6) is 5.75 Å². The quantitative estimate of drug-likeness (QED) is 0.864. The summed E-state index contributed by atoms with van der Waals surface area (Å²) in [5.41, 5.74) is 1.67. The van der Waals surface area contributed by atoms with Gasteiger partial charge in [0.05, 0.1) is 12.7 Å². The number of benzene rings is 1. The molecular formula is C21H29NO3. The largest absolute Gasteiger partial charge is 0.497 e. The molecule has 4 rings (SSSR count). The van der Waals surface area contributed by atoms with Gasteiger partial charge in [-0.2, -0.15) is 0 Å². The summed E-state index contributed by atoms with van der Waals surface area (Å²) in [6.07, 6.45) is 8.68. The highest BCUT2D eigenvalue weighted by Gasteiger charge is 2.54. The minimum Gasteiger partial charge on any atom is -0.497 e. The fourth-order valence-corrected chi connectivity index (χ4v) is 5.13. The van der Waals surface area contributed by atoms with Gasteiger partial charge in [-0.1, -0.05) is 18.9 Å². The Hall–Kier alpha value is -1.55. The van der Waals surface area contributed by atoms with Crippen LogP contribution in [0.3, 0.4) is 0 Å². The summed E-state index contributed by atoms with van der Waals surface area (Å²) in [6.45, 7) is 0.647. The third-order valence-corrected chi connectivity index (χ3v) is 6.77. The molecule has 0 saturated heterocycles. The van der Waals surface area contributed by atoms with Gasteiger partial charge in [-0.15, -0.1) is 0 Å². The standard InChI is InChI=1S/C21H29NO3/c1-25-17-7-6-15-8-11-21(24)10-3-2-9-20(21,18(15)14-17)12-13-22-19(23)16-4-5-16/h6-7,14,16,24H,2-5,8-13H2,1H3,(H,22,23)/t20-,21+/m0/s1. The maximum absolute atomic E-state index is 12.0. The van der Waals surface area contributed by atoms with Crippen molar-refractivity contribution in [3.8, 4) is 5.75 Å². The molecule has 2 N–H and O–H groups in total. The molecule has 136 valence electrons. The van der Waals surface area contributed by atoms with Crippen LogP contribution in [-0.4, -0.2) is 30.3 Å². The predicted molar refractivity (Wildman–Crippen MR) is 96.8 cm³/mol. The Morgan fingerprint density at radius 2 is 2.08 bits per heavy atom. The van der Waals surface area contributed by atoms with Gasteiger partial charge in [-0.25, -0.2) is 0 Å². The van der Waals surface area contributed by atoms with Crippen molar-refractivity contribution >= 4 is 5.91 Å². The number of rotatable bonds is 5. The van der Waals surface area contributed by atoms with Gasteiger partial charge < -0.3 is 15.2 Å². The molecular weight excluding hydrogens is 314 g/mol. The van der Waals surface area contributed by atoms with Gasteiger partial charge in [-0.3, -0.25) is 4.79 Å². The Bertz CT molecular complexity index is 669. The monoisotopic (exact) mass is 343 g/mol. The second-order valence-corrected chi connectivity index (χ2v) is 8.16. The normalized spacial score (nSPS) is 31.0. The van der Waals surface area contributed by atoms with Crippen LogP contribution in [0, 0.1) is 5.92 Å². The second-order valence-electron chi connectivity index (χ2n) is 8.16. The minimum absolute atomic E-state index is 0.192. The molecule has 4 nitrogen and oxygen atoms in total. The van der Waals surface area contributed by atoms with Crippen molar-refractivity contribution in [3.05, 3.63) is 29.3 Å². The van der Waals surface area contributed by atoms with E-state index in [1.54, 1.807) is 7.11 Å². The zero-order chi connectivity index (χ0) is 17.5. The number of hydrogen-bond donors (Lipinski definition) is 2. The van der Waals surface area contributed by atoms with E-state index in [1.165, 1.54) is 11.1 Å². The van der Waals surface area contributed by atoms with Crippen LogP contribution >= 0.6 is 0 Å². The molecule has 2 saturated carbocycles. The number of fused-ring (bicyclic) bond motifs is 3. The van der Waals surface area contributed by atoms with E-state index in [4.69, 9.17) is 4.74 Å². The Kier molecular flexibility index (Phi) is 4.27. The SMILES string of the molecule is COc1ccc2c(c1)[C@@]1(CCNC(=O)C3CC3)CCCC[C@@]1(O)CC2. The Labute approximate surface area is 150 Å². The Morgan fingerprint density at radius 1 is 1.28 bits per heavy atom. The molecule has 1 aromatic rings. The first-order valence-electron chi connectivity index (χ1n) is 9.75. The van der Waals surface area contributed by atoms with Gasteiger partial charge in [0.1, 0.15) is 5.75 Å². The van der Waals surface area contributed by atoms with Gasteiger partial charge in [-0.05, 0) is 68.2 Å². The van der Waals surface area contributed by atoms with Crippen molar-refractivity contribution in [2.24, 2.45) is 5.92 Å². The number of aryl methyl sites for hydroxylation is 1. The summed E-state index contributed by atoms with van der Waals surface area (Å²) < 4.78 is 5.47. The van der Waals surface area contributed by atoms with Crippen LogP contribution in [0.1, 0.15) is 62.5 Å². The maximum atomic E-state index is 12.0. The van der Waals surface area contributed by atoms with Crippen molar-refractivity contribution in [1.29, 1.82) is 0 Å². The van der Waals surface area contributed by atoms with Crippen LogP contribution in [0.25, 0.3) is 0 Å². The van der Waals surface area contributed by atoms with Crippen molar-refractivity contribution in [1.82, 2.24) is 5.32 Å². The van der Waals surface area contributed by atoms with E-state index in [0.717, 1.165) is 63.5 Å². The molecule has 0 spiro atoms. The molecule has 4 heteroatoms. The summed E-state index contributed by atoms with van der Waals surface area (Å²) >= 11 is 0. The lowest BCUT2D eigenvalue weighted by molar-refractivity contribution is -0.123. The average Bonchev–Trinajstić information content (AvgIpc) is 3.46. The lowest BCUT2D eigenvalue weighted by Gasteiger charge is -2.55. The average molecular weight is 343 g/mol. The Morgan fingerprint density at radius 3 is 2.84 bits per heavy atom. The lowest BCUT2D eigenvalue weighted by atomic mass is 9.53. The molecule has 25 heavy (non-hydrogen) atoms. The number of carbonyl (C=O) groups is 1. The van der Waals surface area contributed by atoms with Gasteiger partial charge in [0, 0.05) is 17.9 Å². The maximum Gasteiger partial charge on any atom is 0.223 e. The van der Waals surface area contributed by atoms with E-state index in [-0.39, 0.29) is 17.2 Å². The smallest absolute Gasteiger partial charge is 0.223 e. The minimum atomic E-state index is -0.658. The molecule has 3 aliphatic carbocycles. The molecule has 2 fully saturated rings. The van der Waals surface area contributed by atoms with E-state index in [1.807, 2.05) is 6.07 Å². The zero-order valence-electron chi connectivity index (χ0n) is 15.1. The predicted octanol–water partition coefficient (Wildman–Crippen LogP) is 3.10. The van der Waals surface area contributed by atoms with Crippen LogP contribution in [0.4, 0.5) is 0 Å². The van der Waals surface area contributed by atoms with Crippen molar-refractivity contribution in [2.75, 3.05) is 13.7 Å². The highest BCUT2D eigenvalue weighted by Crippen LogP contribution is 2.55. The molecule has 0 heterocycles. The second kappa shape index (κ2) is 6.31. The van der Waals surface area contributed by atoms with E-state index in [0.29, 0.717) is 6.54 Å². The third-order valence-electron chi connectivity index (χ3n) is 6.77. The highest BCUT2D eigenvalue weighted by molar-refractivity contribution is 5.80. The number of hydrogen-bond acceptors (Lipinski definition) is 3. The van der Waals surface area contributed by atoms with Crippen LogP contribution in [-0.2, 0) is 16.6 Å². The summed E-state index contributed by atoms with van der Waals surface area (Å²) in [4.78, 5) is 12.0. The third kappa shape index (κ3) is 2.84. The molecule has 0 unspecified atom stereocenters. The molecule has 0 aliphatic heterocycles. The lowest BCUT2D eigenvalue weighted by Crippen LogP contribution is -2.57. The first-order valence-corrected chi connectivity index (χ1v) is 9.75. The summed E-state index contributed by atoms with van der Waals surface area (Å²) in [6, 6.07) is 6.31. The van der Waals surface area contributed by atoms with E-state index < -0.39 is 5.60 Å². The summed E-state index contributed by atoms with van der Waals surface area (Å²) in [5.74, 6) is 1.29. The Balaban J connectivity index is 1.65. The number of carbonyl (C=O) groups excluding carboxylic acids is 1. The summed E-state index contributed by atoms with van der Waals surface area (Å²) in [5, 5.41) is 14.7. The number of ether oxygens (including phenoxy) is 1. The van der Waals surface area contributed by atoms with Gasteiger partial charge in [0.25, 0.3) is 0 Å². The van der Waals surface area contributed by atoms with Crippen molar-refractivity contribution in [3.63, 3.8) is 0 Å². The molecule has 0 bridgehead atoms. The zero-order valence-corrected chi connectivity index (χ0v) is 15.1. The molecule has 0 aromatic heterocycles. The molecule has 3 aliphatic rings. The van der Waals surface area contributed by atoms with E-state index >= 15 is 0 Å². The van der Waals surface area contributed by atoms with E-state index in [2.05, 4.69) is 17.4 Å². The van der Waals surface area contributed by atoms with Crippen LogP contribution in [0.2, 0.25) is 0 Å². The molecule has 2 atom stereocenters. The van der Waals surface area contributed by atoms with Gasteiger partial charge in [0.2, 0.25) is 5.91 Å². The van der Waals surface area contributed by atoms with Crippen molar-refractivity contribution in [2.45, 2.75) is 68.8 Å². The van der Waals surface area contributed by atoms with Gasteiger partial charge >= 0.3 is 0 Å². The first kappa shape index (κ1) is 16.9. The molecule has 1 aromatic carbocycles. The topological polar surface area (TPSA) is 58.6 Å². The number of nitrogens with one attached hydrogen (secondary N) is 1. The van der Waals surface area contributed by atoms with E-state index in [9.17, 15) is 9.90 Å². The van der Waals surface area contributed by atoms with Gasteiger partial charge in [0.15, 0.2) is 0 Å². The molecule has 0 radical (unpaired) electrons. The number of aliphatic hydroxyl groups is 1. The van der Waals surface area contributed by atoms with Crippen LogP contribution in [0.15, 0.2) is 18.2 Å². The molecule has 1 amide bonds. The fourth-order valence-electron chi connectivity index (χ4n) is 5.13. The van der Waals surface area contributed by atoms with Crippen molar-refractivity contribution < 1.29 is 14.6 Å². The van der Waals surface area contributed by atoms with Crippen LogP contribution < -0.4 is 10.1 Å².